The van der Waals surface area contributed by atoms with E-state index in [0.717, 1.165) is 11.1 Å². The van der Waals surface area contributed by atoms with E-state index in [4.69, 9.17) is 23.2 Å². The molecule has 2 aromatic rings. The fourth-order valence-corrected chi connectivity index (χ4v) is 1.70. The Kier molecular flexibility index (Phi) is 3.03. The molecule has 0 saturated heterocycles. The lowest BCUT2D eigenvalue weighted by Crippen LogP contribution is -1.86. The molecular weight excluding hydrogens is 245 g/mol. The number of hydrogen-bond donors (Lipinski definition) is 1. The van der Waals surface area contributed by atoms with Crippen molar-refractivity contribution in [2.75, 3.05) is 0 Å². The minimum absolute atomic E-state index is 0.167. The lowest BCUT2D eigenvalue weighted by atomic mass is 10.1. The third-order valence-corrected chi connectivity index (χ3v) is 3.06. The van der Waals surface area contributed by atoms with Crippen LogP contribution in [0.1, 0.15) is 5.56 Å². The number of hydrogen-bond acceptors (Lipinski definition) is 2. The molecule has 0 aliphatic carbocycles. The van der Waals surface area contributed by atoms with E-state index in [9.17, 15) is 5.11 Å². The standard InChI is InChI=1S/C12H9Cl2NO/c1-7-4-5-15-11(12(7)16)8-2-3-9(13)10(14)6-8/h2-6,16H,1H3. The summed E-state index contributed by atoms with van der Waals surface area (Å²) in [6, 6.07) is 6.89. The zero-order chi connectivity index (χ0) is 11.7. The Hall–Kier alpha value is -1.25. The lowest BCUT2D eigenvalue weighted by Gasteiger charge is -2.06. The number of aromatic hydroxyl groups is 1. The zero-order valence-corrected chi connectivity index (χ0v) is 10.0. The van der Waals surface area contributed by atoms with Crippen molar-refractivity contribution >= 4 is 23.2 Å². The predicted octanol–water partition coefficient (Wildman–Crippen LogP) is 4.07. The molecule has 2 rings (SSSR count). The topological polar surface area (TPSA) is 33.1 Å². The van der Waals surface area contributed by atoms with Crippen molar-refractivity contribution < 1.29 is 5.11 Å². The summed E-state index contributed by atoms with van der Waals surface area (Å²) in [7, 11) is 0. The van der Waals surface area contributed by atoms with Crippen molar-refractivity contribution in [2.45, 2.75) is 6.92 Å². The molecule has 0 amide bonds. The molecule has 1 aromatic heterocycles. The molecule has 1 N–H and O–H groups in total. The molecule has 0 spiro atoms. The molecule has 1 heterocycles. The van der Waals surface area contributed by atoms with Gasteiger partial charge in [0.15, 0.2) is 0 Å². The van der Waals surface area contributed by atoms with Crippen LogP contribution in [0.4, 0.5) is 0 Å². The molecule has 0 fully saturated rings. The Labute approximate surface area is 103 Å². The maximum Gasteiger partial charge on any atom is 0.144 e. The van der Waals surface area contributed by atoms with E-state index in [0.29, 0.717) is 15.7 Å². The Morgan fingerprint density at radius 2 is 1.88 bits per heavy atom. The van der Waals surface area contributed by atoms with E-state index in [-0.39, 0.29) is 5.75 Å². The first-order chi connectivity index (χ1) is 7.59. The highest BCUT2D eigenvalue weighted by Crippen LogP contribution is 2.33. The second-order valence-corrected chi connectivity index (χ2v) is 4.27. The van der Waals surface area contributed by atoms with Crippen LogP contribution in [0.3, 0.4) is 0 Å². The Morgan fingerprint density at radius 3 is 2.56 bits per heavy atom. The van der Waals surface area contributed by atoms with Crippen LogP contribution < -0.4 is 0 Å². The van der Waals surface area contributed by atoms with E-state index < -0.39 is 0 Å². The van der Waals surface area contributed by atoms with Crippen molar-refractivity contribution in [2.24, 2.45) is 0 Å². The van der Waals surface area contributed by atoms with Crippen LogP contribution in [-0.4, -0.2) is 10.1 Å². The summed E-state index contributed by atoms with van der Waals surface area (Å²) in [4.78, 5) is 4.13. The van der Waals surface area contributed by atoms with E-state index in [1.807, 2.05) is 6.92 Å². The third-order valence-electron chi connectivity index (χ3n) is 2.32. The predicted molar refractivity (Wildman–Crippen MR) is 66.1 cm³/mol. The van der Waals surface area contributed by atoms with Gasteiger partial charge in [-0.1, -0.05) is 29.3 Å². The minimum Gasteiger partial charge on any atom is -0.505 e. The summed E-state index contributed by atoms with van der Waals surface area (Å²) < 4.78 is 0. The van der Waals surface area contributed by atoms with E-state index in [1.54, 1.807) is 30.5 Å². The maximum absolute atomic E-state index is 9.87. The number of pyridine rings is 1. The molecular formula is C12H9Cl2NO. The normalized spacial score (nSPS) is 10.4. The highest BCUT2D eigenvalue weighted by molar-refractivity contribution is 6.42. The first kappa shape index (κ1) is 11.2. The fourth-order valence-electron chi connectivity index (χ4n) is 1.41. The van der Waals surface area contributed by atoms with Crippen molar-refractivity contribution in [1.29, 1.82) is 0 Å². The molecule has 2 nitrogen and oxygen atoms in total. The SMILES string of the molecule is Cc1ccnc(-c2ccc(Cl)c(Cl)c2)c1O. The van der Waals surface area contributed by atoms with Gasteiger partial charge in [0.25, 0.3) is 0 Å². The molecule has 16 heavy (non-hydrogen) atoms. The number of aromatic nitrogens is 1. The number of rotatable bonds is 1. The van der Waals surface area contributed by atoms with E-state index in [2.05, 4.69) is 4.98 Å². The van der Waals surface area contributed by atoms with Gasteiger partial charge in [-0.25, -0.2) is 0 Å². The van der Waals surface area contributed by atoms with Gasteiger partial charge in [-0.05, 0) is 30.7 Å². The van der Waals surface area contributed by atoms with Crippen molar-refractivity contribution in [1.82, 2.24) is 4.98 Å². The Balaban J connectivity index is 2.59. The van der Waals surface area contributed by atoms with Gasteiger partial charge in [0.2, 0.25) is 0 Å². The summed E-state index contributed by atoms with van der Waals surface area (Å²) in [6.45, 7) is 1.82. The summed E-state index contributed by atoms with van der Waals surface area (Å²) in [5, 5.41) is 10.8. The average molecular weight is 254 g/mol. The van der Waals surface area contributed by atoms with Crippen LogP contribution in [0.25, 0.3) is 11.3 Å². The molecule has 0 saturated carbocycles. The lowest BCUT2D eigenvalue weighted by molar-refractivity contribution is 0.471. The quantitative estimate of drug-likeness (QED) is 0.832. The summed E-state index contributed by atoms with van der Waals surface area (Å²) in [5.74, 6) is 0.167. The minimum atomic E-state index is 0.167. The van der Waals surface area contributed by atoms with E-state index in [1.165, 1.54) is 0 Å². The average Bonchev–Trinajstić information content (AvgIpc) is 2.26. The molecule has 0 atom stereocenters. The molecule has 1 aromatic carbocycles. The number of nitrogens with zero attached hydrogens (tertiary/aromatic N) is 1. The van der Waals surface area contributed by atoms with E-state index >= 15 is 0 Å². The number of halogens is 2. The van der Waals surface area contributed by atoms with Crippen molar-refractivity contribution in [3.05, 3.63) is 46.1 Å². The van der Waals surface area contributed by atoms with Crippen LogP contribution in [-0.2, 0) is 0 Å². The van der Waals surface area contributed by atoms with Crippen LogP contribution in [0, 0.1) is 6.92 Å². The van der Waals surface area contributed by atoms with Gasteiger partial charge in [0.1, 0.15) is 11.4 Å². The zero-order valence-electron chi connectivity index (χ0n) is 8.54. The summed E-state index contributed by atoms with van der Waals surface area (Å²) in [6.07, 6.45) is 1.65. The Morgan fingerprint density at radius 1 is 1.12 bits per heavy atom. The van der Waals surface area contributed by atoms with Gasteiger partial charge in [0, 0.05) is 11.8 Å². The van der Waals surface area contributed by atoms with Crippen LogP contribution >= 0.6 is 23.2 Å². The van der Waals surface area contributed by atoms with Gasteiger partial charge in [-0.2, -0.15) is 0 Å². The molecule has 0 aliphatic heterocycles. The van der Waals surface area contributed by atoms with Gasteiger partial charge >= 0.3 is 0 Å². The molecule has 82 valence electrons. The second kappa shape index (κ2) is 4.32. The number of benzene rings is 1. The largest absolute Gasteiger partial charge is 0.505 e. The molecule has 0 bridgehead atoms. The fraction of sp³-hybridized carbons (Fsp3) is 0.0833. The maximum atomic E-state index is 9.87. The van der Waals surface area contributed by atoms with Gasteiger partial charge in [0.05, 0.1) is 10.0 Å². The summed E-state index contributed by atoms with van der Waals surface area (Å²) in [5.41, 5.74) is 2.03. The van der Waals surface area contributed by atoms with Crippen molar-refractivity contribution in [3.63, 3.8) is 0 Å². The van der Waals surface area contributed by atoms with Gasteiger partial charge in [-0.3, -0.25) is 4.98 Å². The molecule has 4 heteroatoms. The molecule has 0 unspecified atom stereocenters. The second-order valence-electron chi connectivity index (χ2n) is 3.45. The third kappa shape index (κ3) is 1.99. The van der Waals surface area contributed by atoms with Gasteiger partial charge < -0.3 is 5.11 Å². The van der Waals surface area contributed by atoms with Crippen LogP contribution in [0.5, 0.6) is 5.75 Å². The first-order valence-corrected chi connectivity index (χ1v) is 5.45. The Bertz CT molecular complexity index is 541. The number of aryl methyl sites for hydroxylation is 1. The van der Waals surface area contributed by atoms with Gasteiger partial charge in [-0.15, -0.1) is 0 Å². The highest BCUT2D eigenvalue weighted by atomic mass is 35.5. The van der Waals surface area contributed by atoms with Crippen molar-refractivity contribution in [3.8, 4) is 17.0 Å². The highest BCUT2D eigenvalue weighted by Gasteiger charge is 2.09. The first-order valence-electron chi connectivity index (χ1n) is 4.69. The molecule has 0 aliphatic rings. The van der Waals surface area contributed by atoms with Crippen LogP contribution in [0.15, 0.2) is 30.5 Å². The monoisotopic (exact) mass is 253 g/mol. The summed E-state index contributed by atoms with van der Waals surface area (Å²) >= 11 is 11.7. The molecule has 0 radical (unpaired) electrons. The van der Waals surface area contributed by atoms with Crippen LogP contribution in [0.2, 0.25) is 10.0 Å². The smallest absolute Gasteiger partial charge is 0.144 e.